The van der Waals surface area contributed by atoms with Gasteiger partial charge >= 0.3 is 0 Å². The molecule has 0 fully saturated rings. The molecule has 11 heavy (non-hydrogen) atoms. The summed E-state index contributed by atoms with van der Waals surface area (Å²) in [5, 5.41) is 3.53. The maximum absolute atomic E-state index is 5.76. The van der Waals surface area contributed by atoms with E-state index in [-0.39, 0.29) is 0 Å². The van der Waals surface area contributed by atoms with E-state index in [1.165, 1.54) is 4.90 Å². The molecule has 0 saturated carbocycles. The SMILES string of the molecule is CC(C)Sc1c(Br)csc1N. The summed E-state index contributed by atoms with van der Waals surface area (Å²) in [5.74, 6) is 0. The molecular weight excluding hydrogens is 242 g/mol. The quantitative estimate of drug-likeness (QED) is 0.814. The van der Waals surface area contributed by atoms with Crippen LogP contribution in [0.15, 0.2) is 14.7 Å². The van der Waals surface area contributed by atoms with Crippen LogP contribution in [-0.2, 0) is 0 Å². The monoisotopic (exact) mass is 251 g/mol. The van der Waals surface area contributed by atoms with E-state index in [1.54, 1.807) is 23.1 Å². The molecule has 2 N–H and O–H groups in total. The van der Waals surface area contributed by atoms with Crippen LogP contribution in [0.1, 0.15) is 13.8 Å². The van der Waals surface area contributed by atoms with Gasteiger partial charge in [0.05, 0.1) is 4.90 Å². The topological polar surface area (TPSA) is 26.0 Å². The number of rotatable bonds is 2. The summed E-state index contributed by atoms with van der Waals surface area (Å²) in [6.07, 6.45) is 0. The van der Waals surface area contributed by atoms with Gasteiger partial charge in [-0.25, -0.2) is 0 Å². The van der Waals surface area contributed by atoms with Crippen molar-refractivity contribution >= 4 is 44.0 Å². The maximum atomic E-state index is 5.76. The Morgan fingerprint density at radius 3 is 2.64 bits per heavy atom. The lowest BCUT2D eigenvalue weighted by atomic mass is 10.6. The van der Waals surface area contributed by atoms with Crippen LogP contribution in [0.5, 0.6) is 0 Å². The summed E-state index contributed by atoms with van der Waals surface area (Å²) in [6, 6.07) is 0. The summed E-state index contributed by atoms with van der Waals surface area (Å²) in [4.78, 5) is 1.19. The normalized spacial score (nSPS) is 10.9. The van der Waals surface area contributed by atoms with Crippen LogP contribution in [0.3, 0.4) is 0 Å². The van der Waals surface area contributed by atoms with Gasteiger partial charge in [0, 0.05) is 15.1 Å². The second kappa shape index (κ2) is 3.83. The van der Waals surface area contributed by atoms with Crippen LogP contribution in [0.2, 0.25) is 0 Å². The van der Waals surface area contributed by atoms with Gasteiger partial charge < -0.3 is 5.73 Å². The Bertz CT molecular complexity index is 225. The maximum Gasteiger partial charge on any atom is 0.101 e. The molecule has 62 valence electrons. The van der Waals surface area contributed by atoms with Crippen LogP contribution in [0.4, 0.5) is 5.00 Å². The number of hydrogen-bond acceptors (Lipinski definition) is 3. The molecule has 0 aliphatic carbocycles. The van der Waals surface area contributed by atoms with Gasteiger partial charge in [-0.3, -0.25) is 0 Å². The van der Waals surface area contributed by atoms with Crippen LogP contribution < -0.4 is 5.73 Å². The molecule has 0 unspecified atom stereocenters. The number of hydrogen-bond donors (Lipinski definition) is 1. The smallest absolute Gasteiger partial charge is 0.101 e. The first-order valence-electron chi connectivity index (χ1n) is 3.30. The Hall–Kier alpha value is 0.330. The highest BCUT2D eigenvalue weighted by Gasteiger charge is 2.08. The lowest BCUT2D eigenvalue weighted by molar-refractivity contribution is 1.11. The van der Waals surface area contributed by atoms with Crippen LogP contribution in [0, 0.1) is 0 Å². The minimum Gasteiger partial charge on any atom is -0.390 e. The first kappa shape index (κ1) is 9.42. The van der Waals surface area contributed by atoms with Crippen LogP contribution in [0.25, 0.3) is 0 Å². The molecule has 4 heteroatoms. The molecule has 1 heterocycles. The third-order valence-electron chi connectivity index (χ3n) is 1.08. The third-order valence-corrected chi connectivity index (χ3v) is 4.36. The minimum absolute atomic E-state index is 0.586. The van der Waals surface area contributed by atoms with Crippen molar-refractivity contribution in [2.75, 3.05) is 5.73 Å². The molecule has 0 amide bonds. The zero-order chi connectivity index (χ0) is 8.43. The van der Waals surface area contributed by atoms with E-state index in [9.17, 15) is 0 Å². The van der Waals surface area contributed by atoms with Gasteiger partial charge in [-0.1, -0.05) is 13.8 Å². The van der Waals surface area contributed by atoms with E-state index in [0.717, 1.165) is 9.47 Å². The van der Waals surface area contributed by atoms with Gasteiger partial charge in [0.1, 0.15) is 5.00 Å². The average Bonchev–Trinajstić information content (AvgIpc) is 2.18. The van der Waals surface area contributed by atoms with Crippen molar-refractivity contribution < 1.29 is 0 Å². The summed E-state index contributed by atoms with van der Waals surface area (Å²) in [7, 11) is 0. The van der Waals surface area contributed by atoms with E-state index in [1.807, 2.05) is 5.38 Å². The number of nitrogens with two attached hydrogens (primary N) is 1. The molecule has 0 saturated heterocycles. The molecule has 1 aromatic heterocycles. The predicted molar refractivity (Wildman–Crippen MR) is 57.4 cm³/mol. The average molecular weight is 252 g/mol. The first-order valence-corrected chi connectivity index (χ1v) is 5.85. The molecule has 0 atom stereocenters. The van der Waals surface area contributed by atoms with Crippen molar-refractivity contribution in [1.82, 2.24) is 0 Å². The summed E-state index contributed by atoms with van der Waals surface area (Å²) in [6.45, 7) is 4.32. The second-order valence-electron chi connectivity index (χ2n) is 2.44. The highest BCUT2D eigenvalue weighted by molar-refractivity contribution is 9.10. The van der Waals surface area contributed by atoms with E-state index < -0.39 is 0 Å². The van der Waals surface area contributed by atoms with Crippen molar-refractivity contribution in [3.63, 3.8) is 0 Å². The number of nitrogen functional groups attached to an aromatic ring is 1. The standard InChI is InChI=1S/C7H10BrNS2/c1-4(2)11-6-5(8)3-10-7(6)9/h3-4H,9H2,1-2H3. The minimum atomic E-state index is 0.586. The van der Waals surface area contributed by atoms with Gasteiger partial charge in [0.15, 0.2) is 0 Å². The first-order chi connectivity index (χ1) is 5.11. The Labute approximate surface area is 83.5 Å². The van der Waals surface area contributed by atoms with Crippen LogP contribution >= 0.6 is 39.0 Å². The molecule has 0 aromatic carbocycles. The van der Waals surface area contributed by atoms with Gasteiger partial charge in [0.25, 0.3) is 0 Å². The molecule has 0 spiro atoms. The number of thiophene rings is 1. The fraction of sp³-hybridized carbons (Fsp3) is 0.429. The van der Waals surface area contributed by atoms with Crippen molar-refractivity contribution in [3.05, 3.63) is 9.85 Å². The molecule has 0 bridgehead atoms. The zero-order valence-corrected chi connectivity index (χ0v) is 9.65. The van der Waals surface area contributed by atoms with Gasteiger partial charge in [-0.05, 0) is 15.9 Å². The molecule has 0 aliphatic rings. The fourth-order valence-electron chi connectivity index (χ4n) is 0.690. The van der Waals surface area contributed by atoms with Crippen molar-refractivity contribution in [3.8, 4) is 0 Å². The van der Waals surface area contributed by atoms with Crippen molar-refractivity contribution in [2.24, 2.45) is 0 Å². The third kappa shape index (κ3) is 2.39. The summed E-state index contributed by atoms with van der Waals surface area (Å²) < 4.78 is 1.12. The van der Waals surface area contributed by atoms with Crippen LogP contribution in [-0.4, -0.2) is 5.25 Å². The number of thioether (sulfide) groups is 1. The zero-order valence-electron chi connectivity index (χ0n) is 6.43. The van der Waals surface area contributed by atoms with Gasteiger partial charge in [-0.15, -0.1) is 23.1 Å². The van der Waals surface area contributed by atoms with Crippen molar-refractivity contribution in [2.45, 2.75) is 24.0 Å². The van der Waals surface area contributed by atoms with Gasteiger partial charge in [-0.2, -0.15) is 0 Å². The Balaban J connectivity index is 2.83. The second-order valence-corrected chi connectivity index (χ2v) is 5.80. The number of halogens is 1. The molecule has 0 radical (unpaired) electrons. The fourth-order valence-corrected chi connectivity index (χ4v) is 3.28. The van der Waals surface area contributed by atoms with Crippen molar-refractivity contribution in [1.29, 1.82) is 0 Å². The Kier molecular flexibility index (Phi) is 3.28. The lowest BCUT2D eigenvalue weighted by Crippen LogP contribution is -1.88. The predicted octanol–water partition coefficient (Wildman–Crippen LogP) is 3.59. The van der Waals surface area contributed by atoms with E-state index >= 15 is 0 Å². The molecular formula is C7H10BrNS2. The molecule has 1 aromatic rings. The number of anilines is 1. The largest absolute Gasteiger partial charge is 0.390 e. The molecule has 0 aliphatic heterocycles. The van der Waals surface area contributed by atoms with E-state index in [0.29, 0.717) is 5.25 Å². The van der Waals surface area contributed by atoms with E-state index in [4.69, 9.17) is 5.73 Å². The molecule has 1 rings (SSSR count). The highest BCUT2D eigenvalue weighted by atomic mass is 79.9. The lowest BCUT2D eigenvalue weighted by Gasteiger charge is -2.03. The highest BCUT2D eigenvalue weighted by Crippen LogP contribution is 2.39. The van der Waals surface area contributed by atoms with E-state index in [2.05, 4.69) is 29.8 Å². The Morgan fingerprint density at radius 1 is 1.64 bits per heavy atom. The summed E-state index contributed by atoms with van der Waals surface area (Å²) >= 11 is 6.84. The Morgan fingerprint density at radius 2 is 2.27 bits per heavy atom. The van der Waals surface area contributed by atoms with Gasteiger partial charge in [0.2, 0.25) is 0 Å². The summed E-state index contributed by atoms with van der Waals surface area (Å²) in [5.41, 5.74) is 5.76. The molecule has 1 nitrogen and oxygen atoms in total.